The number of halogens is 1. The van der Waals surface area contributed by atoms with Crippen molar-refractivity contribution >= 4 is 5.97 Å². The second-order valence-corrected chi connectivity index (χ2v) is 2.98. The normalized spacial score (nSPS) is 25.5. The topological polar surface area (TPSA) is 55.8 Å². The van der Waals surface area contributed by atoms with E-state index in [1.165, 1.54) is 0 Å². The Morgan fingerprint density at radius 1 is 1.69 bits per heavy atom. The lowest BCUT2D eigenvalue weighted by atomic mass is 10.1. The Kier molecular flexibility index (Phi) is 4.11. The monoisotopic (exact) mass is 192 g/mol. The van der Waals surface area contributed by atoms with E-state index in [-0.39, 0.29) is 12.7 Å². The summed E-state index contributed by atoms with van der Waals surface area (Å²) in [6.07, 6.45) is 0.468. The van der Waals surface area contributed by atoms with Crippen molar-refractivity contribution in [2.45, 2.75) is 31.7 Å². The number of hydrogen-bond acceptors (Lipinski definition) is 3. The molecule has 5 heteroatoms. The van der Waals surface area contributed by atoms with Gasteiger partial charge in [-0.25, -0.2) is 9.18 Å². The van der Waals surface area contributed by atoms with E-state index in [1.54, 1.807) is 0 Å². The maximum atomic E-state index is 12.4. The molecule has 0 radical (unpaired) electrons. The maximum absolute atomic E-state index is 12.4. The van der Waals surface area contributed by atoms with Crippen molar-refractivity contribution in [3.8, 4) is 0 Å². The molecule has 2 atom stereocenters. The molecule has 0 bridgehead atoms. The van der Waals surface area contributed by atoms with Crippen molar-refractivity contribution in [1.82, 2.24) is 0 Å². The van der Waals surface area contributed by atoms with E-state index in [1.807, 2.05) is 0 Å². The molecule has 1 fully saturated rings. The van der Waals surface area contributed by atoms with Crippen LogP contribution in [0, 0.1) is 0 Å². The van der Waals surface area contributed by atoms with E-state index in [2.05, 4.69) is 4.74 Å². The van der Waals surface area contributed by atoms with E-state index in [0.29, 0.717) is 6.61 Å². The van der Waals surface area contributed by atoms with Crippen LogP contribution in [0.3, 0.4) is 0 Å². The van der Waals surface area contributed by atoms with Gasteiger partial charge < -0.3 is 14.6 Å². The molecule has 0 spiro atoms. The first-order chi connectivity index (χ1) is 6.20. The standard InChI is InChI=1S/C8H13FO4/c9-7(8(10)11)13-5-6-3-1-2-4-12-6/h6-7H,1-5H2,(H,10,11). The van der Waals surface area contributed by atoms with Gasteiger partial charge in [0.25, 0.3) is 6.36 Å². The molecule has 4 nitrogen and oxygen atoms in total. The molecule has 1 aliphatic rings. The molecule has 0 aliphatic carbocycles. The van der Waals surface area contributed by atoms with Gasteiger partial charge in [0.1, 0.15) is 0 Å². The van der Waals surface area contributed by atoms with Gasteiger partial charge in [-0.3, -0.25) is 0 Å². The first-order valence-electron chi connectivity index (χ1n) is 4.30. The highest BCUT2D eigenvalue weighted by Crippen LogP contribution is 2.13. The summed E-state index contributed by atoms with van der Waals surface area (Å²) in [6, 6.07) is 0. The molecule has 1 N–H and O–H groups in total. The van der Waals surface area contributed by atoms with Gasteiger partial charge in [0.05, 0.1) is 12.7 Å². The highest BCUT2D eigenvalue weighted by Gasteiger charge is 2.20. The number of carboxylic acids is 1. The minimum Gasteiger partial charge on any atom is -0.477 e. The van der Waals surface area contributed by atoms with Crippen LogP contribution in [0.2, 0.25) is 0 Å². The second kappa shape index (κ2) is 5.14. The molecule has 1 aliphatic heterocycles. The molecule has 0 amide bonds. The molecule has 0 aromatic carbocycles. The van der Waals surface area contributed by atoms with Crippen molar-refractivity contribution in [1.29, 1.82) is 0 Å². The van der Waals surface area contributed by atoms with Gasteiger partial charge in [0.2, 0.25) is 0 Å². The molecule has 1 heterocycles. The van der Waals surface area contributed by atoms with Crippen molar-refractivity contribution in [2.75, 3.05) is 13.2 Å². The molecule has 2 unspecified atom stereocenters. The number of hydrogen-bond donors (Lipinski definition) is 1. The third kappa shape index (κ3) is 3.69. The Morgan fingerprint density at radius 3 is 3.00 bits per heavy atom. The zero-order valence-corrected chi connectivity index (χ0v) is 7.24. The summed E-state index contributed by atoms with van der Waals surface area (Å²) < 4.78 is 22.1. The fourth-order valence-corrected chi connectivity index (χ4v) is 1.20. The summed E-state index contributed by atoms with van der Waals surface area (Å²) in [6.45, 7) is 0.672. The highest BCUT2D eigenvalue weighted by molar-refractivity contribution is 5.70. The number of carboxylic acid groups (broad SMARTS) is 1. The van der Waals surface area contributed by atoms with Gasteiger partial charge in [-0.1, -0.05) is 0 Å². The van der Waals surface area contributed by atoms with Crippen LogP contribution in [0.25, 0.3) is 0 Å². The summed E-state index contributed by atoms with van der Waals surface area (Å²) in [7, 11) is 0. The van der Waals surface area contributed by atoms with Gasteiger partial charge in [-0.15, -0.1) is 0 Å². The molecule has 0 saturated carbocycles. The summed E-state index contributed by atoms with van der Waals surface area (Å²) in [4.78, 5) is 10.0. The average Bonchev–Trinajstić information content (AvgIpc) is 2.15. The quantitative estimate of drug-likeness (QED) is 0.720. The molecular weight excluding hydrogens is 179 g/mol. The fraction of sp³-hybridized carbons (Fsp3) is 0.875. The Balaban J connectivity index is 2.13. The van der Waals surface area contributed by atoms with Crippen LogP contribution in [-0.4, -0.2) is 36.8 Å². The first kappa shape index (κ1) is 10.4. The van der Waals surface area contributed by atoms with E-state index >= 15 is 0 Å². The third-order valence-corrected chi connectivity index (χ3v) is 1.90. The number of ether oxygens (including phenoxy) is 2. The lowest BCUT2D eigenvalue weighted by molar-refractivity contribution is -0.168. The Bertz CT molecular complexity index is 168. The van der Waals surface area contributed by atoms with Gasteiger partial charge >= 0.3 is 5.97 Å². The van der Waals surface area contributed by atoms with Crippen LogP contribution in [-0.2, 0) is 14.3 Å². The third-order valence-electron chi connectivity index (χ3n) is 1.90. The van der Waals surface area contributed by atoms with Gasteiger partial charge in [-0.05, 0) is 19.3 Å². The summed E-state index contributed by atoms with van der Waals surface area (Å²) in [5, 5.41) is 8.17. The minimum atomic E-state index is -2.23. The Morgan fingerprint density at radius 2 is 2.46 bits per heavy atom. The predicted octanol–water partition coefficient (Wildman–Crippen LogP) is 0.952. The van der Waals surface area contributed by atoms with Gasteiger partial charge in [0, 0.05) is 6.61 Å². The lowest BCUT2D eigenvalue weighted by Gasteiger charge is -2.22. The first-order valence-corrected chi connectivity index (χ1v) is 4.30. The van der Waals surface area contributed by atoms with Gasteiger partial charge in [0.15, 0.2) is 0 Å². The van der Waals surface area contributed by atoms with Crippen molar-refractivity contribution in [3.05, 3.63) is 0 Å². The number of aliphatic carboxylic acids is 1. The second-order valence-electron chi connectivity index (χ2n) is 2.98. The van der Waals surface area contributed by atoms with E-state index < -0.39 is 12.3 Å². The van der Waals surface area contributed by atoms with E-state index in [9.17, 15) is 9.18 Å². The smallest absolute Gasteiger partial charge is 0.366 e. The number of rotatable bonds is 4. The van der Waals surface area contributed by atoms with Crippen molar-refractivity contribution in [2.24, 2.45) is 0 Å². The van der Waals surface area contributed by atoms with Crippen LogP contribution in [0.15, 0.2) is 0 Å². The van der Waals surface area contributed by atoms with Crippen LogP contribution in [0.5, 0.6) is 0 Å². The lowest BCUT2D eigenvalue weighted by Crippen LogP contribution is -2.28. The van der Waals surface area contributed by atoms with Crippen LogP contribution >= 0.6 is 0 Å². The average molecular weight is 192 g/mol. The summed E-state index contributed by atoms with van der Waals surface area (Å²) >= 11 is 0. The molecule has 0 aromatic rings. The van der Waals surface area contributed by atoms with Crippen molar-refractivity contribution in [3.63, 3.8) is 0 Å². The fourth-order valence-electron chi connectivity index (χ4n) is 1.20. The molecule has 13 heavy (non-hydrogen) atoms. The zero-order chi connectivity index (χ0) is 9.68. The van der Waals surface area contributed by atoms with E-state index in [4.69, 9.17) is 9.84 Å². The van der Waals surface area contributed by atoms with Gasteiger partial charge in [-0.2, -0.15) is 0 Å². The van der Waals surface area contributed by atoms with E-state index in [0.717, 1.165) is 19.3 Å². The molecule has 0 aromatic heterocycles. The Labute approximate surface area is 75.6 Å². The molecular formula is C8H13FO4. The number of alkyl halides is 1. The molecule has 1 rings (SSSR count). The Hall–Kier alpha value is -0.680. The minimum absolute atomic E-state index is 0.0213. The predicted molar refractivity (Wildman–Crippen MR) is 42.1 cm³/mol. The number of carbonyl (C=O) groups is 1. The highest BCUT2D eigenvalue weighted by atomic mass is 19.1. The summed E-state index contributed by atoms with van der Waals surface area (Å²) in [5.74, 6) is -1.59. The van der Waals surface area contributed by atoms with Crippen LogP contribution < -0.4 is 0 Å². The van der Waals surface area contributed by atoms with Crippen LogP contribution in [0.1, 0.15) is 19.3 Å². The SMILES string of the molecule is O=C(O)C(F)OCC1CCCCO1. The molecule has 1 saturated heterocycles. The molecule has 76 valence electrons. The van der Waals surface area contributed by atoms with Crippen LogP contribution in [0.4, 0.5) is 4.39 Å². The largest absolute Gasteiger partial charge is 0.477 e. The maximum Gasteiger partial charge on any atom is 0.366 e. The summed E-state index contributed by atoms with van der Waals surface area (Å²) in [5.41, 5.74) is 0. The van der Waals surface area contributed by atoms with Crippen molar-refractivity contribution < 1.29 is 23.8 Å². The zero-order valence-electron chi connectivity index (χ0n) is 7.24.